The van der Waals surface area contributed by atoms with E-state index in [9.17, 15) is 0 Å². The first-order chi connectivity index (χ1) is 12.5. The lowest BCUT2D eigenvalue weighted by Crippen LogP contribution is -2.15. The molecule has 0 amide bonds. The Balaban J connectivity index is 1.62. The van der Waals surface area contributed by atoms with E-state index in [1.165, 1.54) is 0 Å². The van der Waals surface area contributed by atoms with E-state index in [4.69, 9.17) is 15.5 Å². The van der Waals surface area contributed by atoms with Crippen LogP contribution in [0.15, 0.2) is 29.6 Å². The maximum Gasteiger partial charge on any atom is 0.229 e. The van der Waals surface area contributed by atoms with Crippen LogP contribution in [0.2, 0.25) is 0 Å². The predicted octanol–water partition coefficient (Wildman–Crippen LogP) is 3.09. The van der Waals surface area contributed by atoms with E-state index >= 15 is 0 Å². The number of thioether (sulfide) groups is 1. The molecular weight excluding hydrogens is 368 g/mol. The lowest BCUT2D eigenvalue weighted by atomic mass is 10.2. The van der Waals surface area contributed by atoms with Crippen molar-refractivity contribution in [2.24, 2.45) is 0 Å². The molecule has 0 fully saturated rings. The quantitative estimate of drug-likeness (QED) is 0.660. The Morgan fingerprint density at radius 2 is 2.00 bits per heavy atom. The number of anilines is 2. The van der Waals surface area contributed by atoms with Gasteiger partial charge in [0.2, 0.25) is 11.9 Å². The summed E-state index contributed by atoms with van der Waals surface area (Å²) in [7, 11) is 5.42. The van der Waals surface area contributed by atoms with Crippen LogP contribution in [0.4, 0.5) is 11.9 Å². The van der Waals surface area contributed by atoms with Gasteiger partial charge in [-0.3, -0.25) is 0 Å². The van der Waals surface area contributed by atoms with Crippen LogP contribution in [0.1, 0.15) is 11.5 Å². The Labute approximate surface area is 160 Å². The van der Waals surface area contributed by atoms with Crippen molar-refractivity contribution in [2.75, 3.05) is 31.8 Å². The molecule has 0 aliphatic heterocycles. The van der Waals surface area contributed by atoms with E-state index in [2.05, 4.69) is 20.3 Å². The van der Waals surface area contributed by atoms with Gasteiger partial charge in [0.1, 0.15) is 16.6 Å². The largest absolute Gasteiger partial charge is 0.497 e. The van der Waals surface area contributed by atoms with Gasteiger partial charge in [-0.1, -0.05) is 12.1 Å². The number of hydrogen-bond donors (Lipinski definition) is 1. The number of hydrogen-bond acceptors (Lipinski definition) is 9. The predicted molar refractivity (Wildman–Crippen MR) is 108 cm³/mol. The van der Waals surface area contributed by atoms with E-state index in [-0.39, 0.29) is 5.95 Å². The molecule has 0 unspecified atom stereocenters. The van der Waals surface area contributed by atoms with E-state index in [1.54, 1.807) is 30.2 Å². The Morgan fingerprint density at radius 3 is 2.77 bits per heavy atom. The summed E-state index contributed by atoms with van der Waals surface area (Å²) in [5, 5.41) is 3.06. The van der Waals surface area contributed by atoms with E-state index in [0.29, 0.717) is 17.5 Å². The number of ether oxygens (including phenoxy) is 1. The molecule has 9 heteroatoms. The maximum absolute atomic E-state index is 5.75. The number of benzene rings is 1. The van der Waals surface area contributed by atoms with Gasteiger partial charge >= 0.3 is 0 Å². The summed E-state index contributed by atoms with van der Waals surface area (Å²) in [6.45, 7) is 0. The number of methoxy groups -OCH3 is 1. The molecule has 3 aromatic rings. The first kappa shape index (κ1) is 18.4. The Kier molecular flexibility index (Phi) is 5.89. The highest BCUT2D eigenvalue weighted by Gasteiger charge is 2.09. The van der Waals surface area contributed by atoms with E-state index in [0.717, 1.165) is 27.8 Å². The van der Waals surface area contributed by atoms with Gasteiger partial charge in [0, 0.05) is 30.8 Å². The molecule has 0 radical (unpaired) electrons. The van der Waals surface area contributed by atoms with Gasteiger partial charge in [-0.15, -0.1) is 23.1 Å². The van der Waals surface area contributed by atoms with E-state index < -0.39 is 0 Å². The van der Waals surface area contributed by atoms with Crippen molar-refractivity contribution in [1.82, 2.24) is 19.9 Å². The number of thiazole rings is 1. The summed E-state index contributed by atoms with van der Waals surface area (Å²) in [6, 6.07) is 7.93. The summed E-state index contributed by atoms with van der Waals surface area (Å²) < 4.78 is 5.27. The second-order valence-electron chi connectivity index (χ2n) is 5.67. The third-order valence-corrected chi connectivity index (χ3v) is 5.34. The zero-order valence-corrected chi connectivity index (χ0v) is 16.5. The van der Waals surface area contributed by atoms with Crippen LogP contribution < -0.4 is 15.4 Å². The summed E-state index contributed by atoms with van der Waals surface area (Å²) in [6.07, 6.45) is 0. The Morgan fingerprint density at radius 1 is 1.15 bits per heavy atom. The van der Waals surface area contributed by atoms with Gasteiger partial charge in [-0.2, -0.15) is 15.0 Å². The fraction of sp³-hybridized carbons (Fsp3) is 0.294. The maximum atomic E-state index is 5.75. The summed E-state index contributed by atoms with van der Waals surface area (Å²) in [4.78, 5) is 19.2. The van der Waals surface area contributed by atoms with Crippen LogP contribution in [-0.2, 0) is 11.5 Å². The van der Waals surface area contributed by atoms with E-state index in [1.807, 2.05) is 43.3 Å². The van der Waals surface area contributed by atoms with Gasteiger partial charge < -0.3 is 15.4 Å². The van der Waals surface area contributed by atoms with Crippen molar-refractivity contribution >= 4 is 35.0 Å². The summed E-state index contributed by atoms with van der Waals surface area (Å²) in [5.41, 5.74) is 7.85. The molecule has 0 aliphatic rings. The van der Waals surface area contributed by atoms with Crippen molar-refractivity contribution in [2.45, 2.75) is 11.5 Å². The van der Waals surface area contributed by atoms with Crippen molar-refractivity contribution < 1.29 is 4.74 Å². The molecule has 2 heterocycles. The highest BCUT2D eigenvalue weighted by Crippen LogP contribution is 2.28. The van der Waals surface area contributed by atoms with Crippen LogP contribution >= 0.6 is 23.1 Å². The number of rotatable bonds is 7. The van der Waals surface area contributed by atoms with Crippen molar-refractivity contribution in [3.05, 3.63) is 41.2 Å². The Hall–Kier alpha value is -2.39. The van der Waals surface area contributed by atoms with Gasteiger partial charge in [0.15, 0.2) is 0 Å². The lowest BCUT2D eigenvalue weighted by Gasteiger charge is -2.11. The summed E-state index contributed by atoms with van der Waals surface area (Å²) >= 11 is 3.33. The fourth-order valence-corrected chi connectivity index (χ4v) is 3.89. The molecule has 3 rings (SSSR count). The molecule has 0 aliphatic carbocycles. The summed E-state index contributed by atoms with van der Waals surface area (Å²) in [5.74, 6) is 3.76. The minimum Gasteiger partial charge on any atom is -0.497 e. The lowest BCUT2D eigenvalue weighted by molar-refractivity contribution is 0.415. The average Bonchev–Trinajstić information content (AvgIpc) is 3.10. The minimum absolute atomic E-state index is 0.244. The second kappa shape index (κ2) is 8.33. The molecule has 0 atom stereocenters. The van der Waals surface area contributed by atoms with Crippen LogP contribution in [0.5, 0.6) is 5.75 Å². The topological polar surface area (TPSA) is 90.0 Å². The molecule has 2 aromatic heterocycles. The van der Waals surface area contributed by atoms with Gasteiger partial charge in [-0.25, -0.2) is 4.98 Å². The number of aromatic nitrogens is 4. The minimum atomic E-state index is 0.244. The fourth-order valence-electron chi connectivity index (χ4n) is 2.20. The van der Waals surface area contributed by atoms with Crippen molar-refractivity contribution in [3.8, 4) is 16.3 Å². The zero-order chi connectivity index (χ0) is 18.5. The molecule has 26 heavy (non-hydrogen) atoms. The van der Waals surface area contributed by atoms with Crippen LogP contribution in [0.25, 0.3) is 10.6 Å². The second-order valence-corrected chi connectivity index (χ2v) is 7.52. The molecule has 0 saturated heterocycles. The third kappa shape index (κ3) is 4.61. The number of nitrogens with two attached hydrogens (primary N) is 1. The monoisotopic (exact) mass is 388 g/mol. The average molecular weight is 389 g/mol. The first-order valence-electron chi connectivity index (χ1n) is 7.89. The number of nitrogens with zero attached hydrogens (tertiary/aromatic N) is 5. The molecular formula is C17H20N6OS2. The molecule has 136 valence electrons. The zero-order valence-electron chi connectivity index (χ0n) is 14.8. The standard InChI is InChI=1S/C17H20N6OS2/c1-23(2)17-21-14(20-16(18)22-17)10-25-8-12-9-26-15(19-12)11-5-4-6-13(7-11)24-3/h4-7,9H,8,10H2,1-3H3,(H2,18,20,21,22). The SMILES string of the molecule is COc1cccc(-c2nc(CSCc3nc(N)nc(N(C)C)n3)cs2)c1. The molecule has 0 saturated carbocycles. The first-order valence-corrected chi connectivity index (χ1v) is 9.93. The van der Waals surface area contributed by atoms with Gasteiger partial charge in [-0.05, 0) is 12.1 Å². The smallest absolute Gasteiger partial charge is 0.229 e. The molecule has 7 nitrogen and oxygen atoms in total. The van der Waals surface area contributed by atoms with Crippen molar-refractivity contribution in [1.29, 1.82) is 0 Å². The molecule has 0 bridgehead atoms. The van der Waals surface area contributed by atoms with Gasteiger partial charge in [0.05, 0.1) is 18.6 Å². The normalized spacial score (nSPS) is 10.7. The number of nitrogen functional groups attached to an aromatic ring is 1. The van der Waals surface area contributed by atoms with Gasteiger partial charge in [0.25, 0.3) is 0 Å². The van der Waals surface area contributed by atoms with Crippen LogP contribution in [0.3, 0.4) is 0 Å². The highest BCUT2D eigenvalue weighted by atomic mass is 32.2. The Bertz CT molecular complexity index is 883. The van der Waals surface area contributed by atoms with Crippen molar-refractivity contribution in [3.63, 3.8) is 0 Å². The molecule has 2 N–H and O–H groups in total. The molecule has 0 spiro atoms. The third-order valence-electron chi connectivity index (χ3n) is 3.44. The van der Waals surface area contributed by atoms with Crippen LogP contribution in [0, 0.1) is 0 Å². The van der Waals surface area contributed by atoms with Crippen LogP contribution in [-0.4, -0.2) is 41.1 Å². The molecule has 1 aromatic carbocycles. The highest BCUT2D eigenvalue weighted by molar-refractivity contribution is 7.97.